The number of aromatic nitrogens is 1. The third kappa shape index (κ3) is 4.16. The Morgan fingerprint density at radius 2 is 2.00 bits per heavy atom. The van der Waals surface area contributed by atoms with Crippen molar-refractivity contribution in [3.8, 4) is 0 Å². The molecular formula is C23H23N3O4S. The van der Waals surface area contributed by atoms with Crippen molar-refractivity contribution in [2.45, 2.75) is 38.3 Å². The van der Waals surface area contributed by atoms with Crippen LogP contribution in [0, 0.1) is 6.92 Å². The highest BCUT2D eigenvalue weighted by Gasteiger charge is 2.54. The molecular weight excluding hydrogens is 414 g/mol. The Kier molecular flexibility index (Phi) is 5.73. The SMILES string of the molecule is Cc1cc(CN(C)C(=O)CC2(c3ccccc3)CC(=O)N(Cc3cccs3)C2=O)on1. The lowest BCUT2D eigenvalue weighted by Gasteiger charge is -2.29. The maximum Gasteiger partial charge on any atom is 0.241 e. The lowest BCUT2D eigenvalue weighted by Crippen LogP contribution is -2.42. The van der Waals surface area contributed by atoms with E-state index in [-0.39, 0.29) is 43.7 Å². The van der Waals surface area contributed by atoms with Crippen LogP contribution in [0.2, 0.25) is 0 Å². The van der Waals surface area contributed by atoms with E-state index in [2.05, 4.69) is 5.16 Å². The molecule has 0 radical (unpaired) electrons. The van der Waals surface area contributed by atoms with Gasteiger partial charge in [-0.05, 0) is 23.9 Å². The quantitative estimate of drug-likeness (QED) is 0.530. The Morgan fingerprint density at radius 1 is 1.23 bits per heavy atom. The van der Waals surface area contributed by atoms with Crippen LogP contribution in [0.15, 0.2) is 58.4 Å². The van der Waals surface area contributed by atoms with Crippen molar-refractivity contribution in [1.82, 2.24) is 15.0 Å². The van der Waals surface area contributed by atoms with Crippen molar-refractivity contribution in [3.63, 3.8) is 0 Å². The summed E-state index contributed by atoms with van der Waals surface area (Å²) in [7, 11) is 1.66. The van der Waals surface area contributed by atoms with E-state index in [1.165, 1.54) is 21.1 Å². The van der Waals surface area contributed by atoms with Gasteiger partial charge in [-0.25, -0.2) is 0 Å². The molecule has 1 atom stereocenters. The molecule has 2 aromatic heterocycles. The van der Waals surface area contributed by atoms with Crippen LogP contribution in [0.5, 0.6) is 0 Å². The van der Waals surface area contributed by atoms with Crippen LogP contribution in [0.1, 0.15) is 34.7 Å². The van der Waals surface area contributed by atoms with Crippen molar-refractivity contribution >= 4 is 29.1 Å². The highest BCUT2D eigenvalue weighted by atomic mass is 32.1. The number of carbonyl (C=O) groups is 3. The Morgan fingerprint density at radius 3 is 2.65 bits per heavy atom. The fourth-order valence-corrected chi connectivity index (χ4v) is 4.64. The number of imide groups is 1. The first kappa shape index (κ1) is 21.0. The van der Waals surface area contributed by atoms with Crippen LogP contribution in [0.3, 0.4) is 0 Å². The topological polar surface area (TPSA) is 83.7 Å². The summed E-state index contributed by atoms with van der Waals surface area (Å²) in [5, 5.41) is 5.75. The highest BCUT2D eigenvalue weighted by Crippen LogP contribution is 2.41. The summed E-state index contributed by atoms with van der Waals surface area (Å²) < 4.78 is 5.21. The van der Waals surface area contributed by atoms with E-state index in [9.17, 15) is 14.4 Å². The molecule has 1 unspecified atom stereocenters. The molecule has 160 valence electrons. The highest BCUT2D eigenvalue weighted by molar-refractivity contribution is 7.09. The van der Waals surface area contributed by atoms with Crippen LogP contribution in [0.25, 0.3) is 0 Å². The Hall–Kier alpha value is -3.26. The zero-order valence-electron chi connectivity index (χ0n) is 17.4. The summed E-state index contributed by atoms with van der Waals surface area (Å²) in [6, 6.07) is 14.7. The molecule has 0 aliphatic carbocycles. The molecule has 8 heteroatoms. The number of thiophene rings is 1. The van der Waals surface area contributed by atoms with Gasteiger partial charge in [0.05, 0.1) is 24.2 Å². The van der Waals surface area contributed by atoms with Gasteiger partial charge in [-0.15, -0.1) is 11.3 Å². The number of amides is 3. The second kappa shape index (κ2) is 8.47. The van der Waals surface area contributed by atoms with Gasteiger partial charge < -0.3 is 9.42 Å². The first-order valence-corrected chi connectivity index (χ1v) is 10.9. The van der Waals surface area contributed by atoms with Crippen molar-refractivity contribution in [1.29, 1.82) is 0 Å². The second-order valence-electron chi connectivity index (χ2n) is 7.85. The van der Waals surface area contributed by atoms with E-state index in [0.29, 0.717) is 11.3 Å². The average Bonchev–Trinajstić information content (AvgIpc) is 3.47. The predicted octanol–water partition coefficient (Wildman–Crippen LogP) is 3.29. The molecule has 1 aromatic carbocycles. The normalized spacial score (nSPS) is 18.6. The number of likely N-dealkylation sites (tertiary alicyclic amines) is 1. The van der Waals surface area contributed by atoms with Crippen molar-refractivity contribution in [2.75, 3.05) is 7.05 Å². The van der Waals surface area contributed by atoms with Gasteiger partial charge in [0.2, 0.25) is 17.7 Å². The first-order chi connectivity index (χ1) is 14.9. The molecule has 3 amide bonds. The number of benzene rings is 1. The molecule has 1 saturated heterocycles. The van der Waals surface area contributed by atoms with E-state index in [1.54, 1.807) is 13.1 Å². The van der Waals surface area contributed by atoms with E-state index in [0.717, 1.165) is 10.6 Å². The van der Waals surface area contributed by atoms with Gasteiger partial charge in [0.25, 0.3) is 0 Å². The largest absolute Gasteiger partial charge is 0.359 e. The summed E-state index contributed by atoms with van der Waals surface area (Å²) in [6.45, 7) is 2.28. The molecule has 3 aromatic rings. The molecule has 31 heavy (non-hydrogen) atoms. The van der Waals surface area contributed by atoms with E-state index in [1.807, 2.05) is 54.8 Å². The number of hydrogen-bond donors (Lipinski definition) is 0. The number of aryl methyl sites for hydroxylation is 1. The summed E-state index contributed by atoms with van der Waals surface area (Å²) >= 11 is 1.49. The Bertz CT molecular complexity index is 1090. The fourth-order valence-electron chi connectivity index (χ4n) is 3.95. The van der Waals surface area contributed by atoms with Crippen molar-refractivity contribution in [2.24, 2.45) is 0 Å². The summed E-state index contributed by atoms with van der Waals surface area (Å²) in [5.74, 6) is -0.259. The third-order valence-electron chi connectivity index (χ3n) is 5.58. The lowest BCUT2D eigenvalue weighted by molar-refractivity contribution is -0.143. The molecule has 1 fully saturated rings. The van der Waals surface area contributed by atoms with Crippen LogP contribution in [-0.4, -0.2) is 39.7 Å². The Labute approximate surface area is 184 Å². The summed E-state index contributed by atoms with van der Waals surface area (Å²) in [4.78, 5) is 43.4. The number of hydrogen-bond acceptors (Lipinski definition) is 6. The Balaban J connectivity index is 1.61. The van der Waals surface area contributed by atoms with Crippen LogP contribution < -0.4 is 0 Å². The third-order valence-corrected chi connectivity index (χ3v) is 6.44. The van der Waals surface area contributed by atoms with Crippen LogP contribution >= 0.6 is 11.3 Å². The monoisotopic (exact) mass is 437 g/mol. The lowest BCUT2D eigenvalue weighted by atomic mass is 9.75. The van der Waals surface area contributed by atoms with Crippen molar-refractivity contribution < 1.29 is 18.9 Å². The van der Waals surface area contributed by atoms with Gasteiger partial charge in [-0.3, -0.25) is 19.3 Å². The maximum absolute atomic E-state index is 13.6. The van der Waals surface area contributed by atoms with Crippen LogP contribution in [-0.2, 0) is 32.9 Å². The van der Waals surface area contributed by atoms with Gasteiger partial charge in [-0.1, -0.05) is 41.6 Å². The smallest absolute Gasteiger partial charge is 0.241 e. The van der Waals surface area contributed by atoms with E-state index < -0.39 is 5.41 Å². The molecule has 0 bridgehead atoms. The van der Waals surface area contributed by atoms with Crippen LogP contribution in [0.4, 0.5) is 0 Å². The standard InChI is InChI=1S/C23H23N3O4S/c1-16-11-18(30-24-16)14-25(2)20(27)12-23(17-7-4-3-5-8-17)13-21(28)26(22(23)29)15-19-9-6-10-31-19/h3-11H,12-15H2,1-2H3. The molecule has 4 rings (SSSR count). The maximum atomic E-state index is 13.6. The van der Waals surface area contributed by atoms with E-state index in [4.69, 9.17) is 4.52 Å². The zero-order chi connectivity index (χ0) is 22.0. The molecule has 3 heterocycles. The minimum absolute atomic E-state index is 0.0256. The number of carbonyl (C=O) groups excluding carboxylic acids is 3. The number of nitrogens with zero attached hydrogens (tertiary/aromatic N) is 3. The molecule has 1 aliphatic rings. The van der Waals surface area contributed by atoms with Gasteiger partial charge in [0, 0.05) is 30.8 Å². The average molecular weight is 438 g/mol. The minimum atomic E-state index is -1.21. The van der Waals surface area contributed by atoms with Gasteiger partial charge in [0.1, 0.15) is 0 Å². The molecule has 1 aliphatic heterocycles. The first-order valence-electron chi connectivity index (χ1n) is 9.98. The van der Waals surface area contributed by atoms with Gasteiger partial charge in [-0.2, -0.15) is 0 Å². The number of rotatable bonds is 7. The molecule has 0 spiro atoms. The van der Waals surface area contributed by atoms with E-state index >= 15 is 0 Å². The minimum Gasteiger partial charge on any atom is -0.359 e. The second-order valence-corrected chi connectivity index (χ2v) is 8.88. The predicted molar refractivity (Wildman–Crippen MR) is 115 cm³/mol. The fraction of sp³-hybridized carbons (Fsp3) is 0.304. The molecule has 0 saturated carbocycles. The summed E-state index contributed by atoms with van der Waals surface area (Å²) in [5.41, 5.74) is 0.204. The summed E-state index contributed by atoms with van der Waals surface area (Å²) in [6.07, 6.45) is -0.117. The zero-order valence-corrected chi connectivity index (χ0v) is 18.2. The molecule has 7 nitrogen and oxygen atoms in total. The molecule has 0 N–H and O–H groups in total. The van der Waals surface area contributed by atoms with Gasteiger partial charge >= 0.3 is 0 Å². The van der Waals surface area contributed by atoms with Gasteiger partial charge in [0.15, 0.2) is 5.76 Å². The van der Waals surface area contributed by atoms with Crippen molar-refractivity contribution in [3.05, 3.63) is 75.8 Å².